The summed E-state index contributed by atoms with van der Waals surface area (Å²) in [6, 6.07) is 24.7. The number of halogens is 6. The summed E-state index contributed by atoms with van der Waals surface area (Å²) in [5.41, 5.74) is -3.78. The van der Waals surface area contributed by atoms with Gasteiger partial charge in [-0.05, 0) is 60.2 Å². The van der Waals surface area contributed by atoms with Crippen LogP contribution in [-0.2, 0) is 36.9 Å². The first-order chi connectivity index (χ1) is 27.2. The molecule has 1 heterocycles. The Labute approximate surface area is 322 Å². The van der Waals surface area contributed by atoms with E-state index in [1.807, 2.05) is 0 Å². The van der Waals surface area contributed by atoms with Crippen molar-refractivity contribution < 1.29 is 55.4 Å². The molecule has 0 bridgehead atoms. The summed E-state index contributed by atoms with van der Waals surface area (Å²) < 4.78 is 89.7. The summed E-state index contributed by atoms with van der Waals surface area (Å²) in [4.78, 5) is 59.5. The fourth-order valence-electron chi connectivity index (χ4n) is 9.55. The number of para-hydroxylation sites is 1. The van der Waals surface area contributed by atoms with Gasteiger partial charge in [0.05, 0.1) is 40.7 Å². The highest BCUT2D eigenvalue weighted by Gasteiger charge is 2.66. The van der Waals surface area contributed by atoms with Gasteiger partial charge in [0.25, 0.3) is 0 Å². The average molecular weight is 786 g/mol. The van der Waals surface area contributed by atoms with Crippen LogP contribution >= 0.6 is 0 Å². The van der Waals surface area contributed by atoms with Gasteiger partial charge >= 0.3 is 12.4 Å². The highest BCUT2D eigenvalue weighted by molar-refractivity contribution is 6.32. The zero-order valence-electron chi connectivity index (χ0n) is 29.9. The number of aliphatic hydroxyl groups excluding tert-OH is 1. The fraction of sp³-hybridized carbons (Fsp3) is 0.273. The monoisotopic (exact) mass is 785 g/mol. The van der Waals surface area contributed by atoms with Crippen molar-refractivity contribution in [2.24, 2.45) is 23.7 Å². The number of aliphatic hydroxyl groups is 1. The van der Waals surface area contributed by atoms with E-state index in [-0.39, 0.29) is 43.4 Å². The van der Waals surface area contributed by atoms with Gasteiger partial charge in [0.15, 0.2) is 11.6 Å². The van der Waals surface area contributed by atoms with Gasteiger partial charge in [-0.15, -0.1) is 0 Å². The van der Waals surface area contributed by atoms with E-state index in [1.165, 1.54) is 6.08 Å². The number of carbonyl (C=O) groups excluding carboxylic acids is 4. The average Bonchev–Trinajstić information content (AvgIpc) is 3.46. The fourth-order valence-corrected chi connectivity index (χ4v) is 9.55. The van der Waals surface area contributed by atoms with Gasteiger partial charge in [0.2, 0.25) is 11.8 Å². The van der Waals surface area contributed by atoms with Crippen molar-refractivity contribution in [2.45, 2.75) is 36.5 Å². The number of benzene rings is 4. The van der Waals surface area contributed by atoms with Gasteiger partial charge in [-0.25, -0.2) is 4.90 Å². The predicted molar refractivity (Wildman–Crippen MR) is 195 cm³/mol. The van der Waals surface area contributed by atoms with Crippen molar-refractivity contribution in [3.63, 3.8) is 0 Å². The topological polar surface area (TPSA) is 101 Å². The Morgan fingerprint density at radius 1 is 0.754 bits per heavy atom. The van der Waals surface area contributed by atoms with Crippen LogP contribution in [0.5, 0.6) is 5.75 Å². The number of ketones is 2. The second-order valence-electron chi connectivity index (χ2n) is 14.7. The molecule has 0 aromatic heterocycles. The van der Waals surface area contributed by atoms with Crippen molar-refractivity contribution in [2.75, 3.05) is 18.1 Å². The molecule has 292 valence electrons. The summed E-state index contributed by atoms with van der Waals surface area (Å²) in [6.07, 6.45) is -7.67. The number of imide groups is 1. The number of allylic oxidation sites excluding steroid dienone is 4. The van der Waals surface area contributed by atoms with E-state index in [0.717, 1.165) is 0 Å². The SMILES string of the molecule is O=C1C(c2ccccc2)=CC(=O)[C@@]2(c3ccccc3)[C@@H](c3ccccc3OCCO)C3=CC[C@@H]4C(=O)N(c5cc(C(F)(F)F)cc(C(F)(F)F)c5)C(=O)[C@@H]4[C@@H]3C[C@@H]12. The van der Waals surface area contributed by atoms with Crippen LogP contribution in [0, 0.1) is 23.7 Å². The lowest BCUT2D eigenvalue weighted by molar-refractivity contribution is -0.143. The Bertz CT molecular complexity index is 2320. The molecule has 4 aromatic carbocycles. The molecular weight excluding hydrogens is 752 g/mol. The lowest BCUT2D eigenvalue weighted by Crippen LogP contribution is -2.58. The van der Waals surface area contributed by atoms with Gasteiger partial charge in [0, 0.05) is 23.0 Å². The Kier molecular flexibility index (Phi) is 9.34. The Balaban J connectivity index is 1.34. The number of amides is 2. The summed E-state index contributed by atoms with van der Waals surface area (Å²) in [5.74, 6) is -8.10. The minimum Gasteiger partial charge on any atom is -0.491 e. The van der Waals surface area contributed by atoms with Gasteiger partial charge < -0.3 is 9.84 Å². The van der Waals surface area contributed by atoms with E-state index in [1.54, 1.807) is 91.0 Å². The first-order valence-corrected chi connectivity index (χ1v) is 18.3. The van der Waals surface area contributed by atoms with Crippen LogP contribution in [-0.4, -0.2) is 41.7 Å². The van der Waals surface area contributed by atoms with E-state index in [2.05, 4.69) is 0 Å². The Morgan fingerprint density at radius 2 is 1.37 bits per heavy atom. The molecule has 0 spiro atoms. The molecule has 2 amide bonds. The van der Waals surface area contributed by atoms with Crippen molar-refractivity contribution >= 4 is 34.6 Å². The predicted octanol–water partition coefficient (Wildman–Crippen LogP) is 8.12. The van der Waals surface area contributed by atoms with Crippen LogP contribution in [0.2, 0.25) is 0 Å². The van der Waals surface area contributed by atoms with Gasteiger partial charge in [-0.2, -0.15) is 26.3 Å². The smallest absolute Gasteiger partial charge is 0.416 e. The molecule has 1 N–H and O–H groups in total. The highest BCUT2D eigenvalue weighted by atomic mass is 19.4. The van der Waals surface area contributed by atoms with E-state index in [9.17, 15) is 41.0 Å². The zero-order chi connectivity index (χ0) is 40.4. The first-order valence-electron chi connectivity index (χ1n) is 18.3. The third-order valence-electron chi connectivity index (χ3n) is 11.8. The molecule has 13 heteroatoms. The van der Waals surface area contributed by atoms with Crippen LogP contribution in [0.15, 0.2) is 121 Å². The first kappa shape index (κ1) is 38.1. The highest BCUT2D eigenvalue weighted by Crippen LogP contribution is 2.64. The van der Waals surface area contributed by atoms with E-state index < -0.39 is 87.6 Å². The van der Waals surface area contributed by atoms with Crippen molar-refractivity contribution in [1.82, 2.24) is 0 Å². The maximum Gasteiger partial charge on any atom is 0.416 e. The molecule has 6 atom stereocenters. The molecule has 0 radical (unpaired) electrons. The molecule has 4 aromatic rings. The molecular formula is C44H33F6NO6. The number of Topliss-reactive ketones (excluding diaryl/α,β-unsaturated/α-hetero) is 1. The van der Waals surface area contributed by atoms with Crippen LogP contribution in [0.3, 0.4) is 0 Å². The third-order valence-corrected chi connectivity index (χ3v) is 11.8. The molecule has 0 unspecified atom stereocenters. The largest absolute Gasteiger partial charge is 0.491 e. The number of hydrogen-bond acceptors (Lipinski definition) is 6. The molecule has 57 heavy (non-hydrogen) atoms. The summed E-state index contributed by atoms with van der Waals surface area (Å²) >= 11 is 0. The standard InChI is InChI=1S/C44H33F6NO6/c45-43(46,47)26-19-27(44(48,49)50)21-28(20-26)51-40(55)31-16-15-29-33(37(31)41(51)56)22-34-39(54)32(24-9-3-1-4-10-24)23-36(53)42(34,25-11-5-2-6-12-25)38(29)30-13-7-8-14-35(30)57-18-17-52/h1-15,19-21,23,31,33-34,37-38,52H,16-18,22H2/t31-,33+,34-,37-,38+,42-/m0/s1. The molecule has 1 aliphatic heterocycles. The lowest BCUT2D eigenvalue weighted by Gasteiger charge is -2.55. The third kappa shape index (κ3) is 6.10. The van der Waals surface area contributed by atoms with E-state index in [4.69, 9.17) is 4.74 Å². The second kappa shape index (κ2) is 14.0. The van der Waals surface area contributed by atoms with Crippen molar-refractivity contribution in [3.8, 4) is 5.75 Å². The number of ether oxygens (including phenoxy) is 1. The zero-order valence-corrected chi connectivity index (χ0v) is 29.9. The summed E-state index contributed by atoms with van der Waals surface area (Å²) in [7, 11) is 0. The number of nitrogens with zero attached hydrogens (tertiary/aromatic N) is 1. The Morgan fingerprint density at radius 3 is 2.00 bits per heavy atom. The molecule has 3 aliphatic carbocycles. The molecule has 1 saturated carbocycles. The number of hydrogen-bond donors (Lipinski definition) is 1. The molecule has 7 nitrogen and oxygen atoms in total. The summed E-state index contributed by atoms with van der Waals surface area (Å²) in [5, 5.41) is 9.70. The van der Waals surface area contributed by atoms with Gasteiger partial charge in [-0.3, -0.25) is 19.2 Å². The number of fused-ring (bicyclic) bond motifs is 4. The van der Waals surface area contributed by atoms with E-state index in [0.29, 0.717) is 39.3 Å². The van der Waals surface area contributed by atoms with Crippen molar-refractivity contribution in [1.29, 1.82) is 0 Å². The quantitative estimate of drug-likeness (QED) is 0.116. The van der Waals surface area contributed by atoms with E-state index >= 15 is 9.59 Å². The second-order valence-corrected chi connectivity index (χ2v) is 14.7. The molecule has 8 rings (SSSR count). The number of rotatable bonds is 7. The minimum atomic E-state index is -5.23. The number of alkyl halides is 6. The summed E-state index contributed by atoms with van der Waals surface area (Å²) in [6.45, 7) is -0.471. The van der Waals surface area contributed by atoms with Crippen LogP contribution < -0.4 is 9.64 Å². The lowest BCUT2D eigenvalue weighted by atomic mass is 9.44. The normalized spacial score (nSPS) is 26.0. The van der Waals surface area contributed by atoms with Crippen LogP contribution in [0.1, 0.15) is 46.6 Å². The van der Waals surface area contributed by atoms with Crippen LogP contribution in [0.4, 0.5) is 32.0 Å². The molecule has 2 fully saturated rings. The number of anilines is 1. The van der Waals surface area contributed by atoms with Gasteiger partial charge in [0.1, 0.15) is 12.4 Å². The van der Waals surface area contributed by atoms with Gasteiger partial charge in [-0.1, -0.05) is 90.5 Å². The van der Waals surface area contributed by atoms with Crippen molar-refractivity contribution in [3.05, 3.63) is 149 Å². The minimum absolute atomic E-state index is 0.0734. The number of carbonyl (C=O) groups is 4. The molecule has 1 saturated heterocycles. The van der Waals surface area contributed by atoms with Crippen LogP contribution in [0.25, 0.3) is 5.57 Å². The Hall–Kier alpha value is -5.82. The maximum atomic E-state index is 15.2. The maximum absolute atomic E-state index is 15.2. The molecule has 4 aliphatic rings.